The Morgan fingerprint density at radius 3 is 2.45 bits per heavy atom. The molecule has 0 spiro atoms. The summed E-state index contributed by atoms with van der Waals surface area (Å²) in [5.41, 5.74) is -2.54. The second kappa shape index (κ2) is 9.37. The van der Waals surface area contributed by atoms with Crippen LogP contribution in [0.4, 0.5) is 19.4 Å². The molecule has 13 heteroatoms. The molecule has 204 valence electrons. The Morgan fingerprint density at radius 1 is 1.11 bits per heavy atom. The van der Waals surface area contributed by atoms with Crippen molar-refractivity contribution >= 4 is 33.4 Å². The molecule has 0 aliphatic carbocycles. The van der Waals surface area contributed by atoms with E-state index in [2.05, 4.69) is 25.0 Å². The van der Waals surface area contributed by atoms with Gasteiger partial charge in [-0.15, -0.1) is 0 Å². The van der Waals surface area contributed by atoms with Crippen LogP contribution in [0, 0.1) is 11.6 Å². The first-order valence-corrected chi connectivity index (χ1v) is 13.6. The summed E-state index contributed by atoms with van der Waals surface area (Å²) in [6.07, 6.45) is 0.462. The van der Waals surface area contributed by atoms with E-state index in [0.717, 1.165) is 18.3 Å². The number of carbonyl (C=O) groups is 2. The van der Waals surface area contributed by atoms with E-state index in [0.29, 0.717) is 6.42 Å². The van der Waals surface area contributed by atoms with E-state index in [1.807, 2.05) is 0 Å². The maximum Gasteiger partial charge on any atom is 0.413 e. The number of hydrogen-bond acceptors (Lipinski definition) is 8. The minimum atomic E-state index is -3.08. The van der Waals surface area contributed by atoms with Gasteiger partial charge in [0.05, 0.1) is 21.2 Å². The molecule has 2 N–H and O–H groups in total. The fourth-order valence-corrected chi connectivity index (χ4v) is 7.76. The van der Waals surface area contributed by atoms with Gasteiger partial charge in [0.25, 0.3) is 5.91 Å². The molecule has 2 aromatic rings. The summed E-state index contributed by atoms with van der Waals surface area (Å²) < 4.78 is 51.5. The highest BCUT2D eigenvalue weighted by molar-refractivity contribution is 7.96. The third kappa shape index (κ3) is 4.86. The molecular formula is C25H30F2N6O4S. The fourth-order valence-electron chi connectivity index (χ4n) is 4.58. The van der Waals surface area contributed by atoms with Crippen LogP contribution in [-0.4, -0.2) is 54.2 Å². The first kappa shape index (κ1) is 27.6. The van der Waals surface area contributed by atoms with E-state index < -0.39 is 54.5 Å². The number of carbonyl (C=O) groups excluding carboxylic acids is 2. The Kier molecular flexibility index (Phi) is 6.79. The predicted molar refractivity (Wildman–Crippen MR) is 138 cm³/mol. The van der Waals surface area contributed by atoms with E-state index >= 15 is 4.39 Å². The maximum atomic E-state index is 15.4. The molecule has 0 unspecified atom stereocenters. The lowest BCUT2D eigenvalue weighted by Crippen LogP contribution is -2.61. The van der Waals surface area contributed by atoms with Crippen LogP contribution in [0.2, 0.25) is 0 Å². The normalized spacial score (nSPS) is 26.0. The summed E-state index contributed by atoms with van der Waals surface area (Å²) >= 11 is 0. The van der Waals surface area contributed by atoms with Crippen LogP contribution in [-0.2, 0) is 20.0 Å². The number of anilines is 1. The fraction of sp³-hybridized carbons (Fsp3) is 0.480. The summed E-state index contributed by atoms with van der Waals surface area (Å²) in [6, 6.07) is 4.67. The van der Waals surface area contributed by atoms with Gasteiger partial charge in [-0.05, 0) is 72.2 Å². The average Bonchev–Trinajstić information content (AvgIpc) is 3.23. The molecule has 4 heterocycles. The van der Waals surface area contributed by atoms with Gasteiger partial charge in [-0.1, -0.05) is 0 Å². The van der Waals surface area contributed by atoms with Gasteiger partial charge in [0.2, 0.25) is 0 Å². The number of ether oxygens (including phenoxy) is 1. The molecule has 2 aliphatic rings. The molecule has 0 aromatic carbocycles. The Labute approximate surface area is 219 Å². The van der Waals surface area contributed by atoms with Gasteiger partial charge in [-0.2, -0.15) is 0 Å². The van der Waals surface area contributed by atoms with Gasteiger partial charge in [0.1, 0.15) is 50.6 Å². The van der Waals surface area contributed by atoms with Crippen LogP contribution < -0.4 is 10.6 Å². The monoisotopic (exact) mass is 548 g/mol. The van der Waals surface area contributed by atoms with Gasteiger partial charge in [-0.3, -0.25) is 15.1 Å². The zero-order valence-corrected chi connectivity index (χ0v) is 22.8. The standard InChI is InChI=1S/C25H30F2N6O4S/c1-23(2,3)37-22(35)32-21-24(4,5)38(36)17(11-12-29-38)25(6,33-21)19-15(27)8-10-18(30-19)31-20(34)16-9-7-14(26)13-28-16/h7-10,13,17H,11-12H2,1-6H3,(H,30,31,34)(H,32,33,35)/t17-,25+,38+/m1/s1. The summed E-state index contributed by atoms with van der Waals surface area (Å²) in [6.45, 7) is 10.3. The van der Waals surface area contributed by atoms with Crippen molar-refractivity contribution in [2.45, 2.75) is 69.1 Å². The van der Waals surface area contributed by atoms with Gasteiger partial charge in [-0.25, -0.2) is 32.1 Å². The number of hydrogen-bond donors (Lipinski definition) is 2. The molecular weight excluding hydrogens is 518 g/mol. The maximum absolute atomic E-state index is 15.4. The summed E-state index contributed by atoms with van der Waals surface area (Å²) in [7, 11) is -3.08. The number of pyridine rings is 2. The highest BCUT2D eigenvalue weighted by atomic mass is 32.2. The number of amides is 2. The molecule has 0 fully saturated rings. The lowest BCUT2D eigenvalue weighted by molar-refractivity contribution is 0.0560. The summed E-state index contributed by atoms with van der Waals surface area (Å²) in [4.78, 5) is 38.1. The lowest BCUT2D eigenvalue weighted by atomic mass is 9.89. The molecule has 10 nitrogen and oxygen atoms in total. The van der Waals surface area contributed by atoms with Crippen LogP contribution in [0.1, 0.15) is 64.1 Å². The minimum absolute atomic E-state index is 0.0122. The first-order chi connectivity index (χ1) is 17.6. The Balaban J connectivity index is 1.78. The number of alkyl carbamates (subject to hydrolysis) is 1. The number of nitrogens with one attached hydrogen (secondary N) is 2. The van der Waals surface area contributed by atoms with E-state index in [4.69, 9.17) is 9.73 Å². The van der Waals surface area contributed by atoms with Gasteiger partial charge >= 0.3 is 6.09 Å². The Morgan fingerprint density at radius 2 is 1.82 bits per heavy atom. The molecule has 0 saturated heterocycles. The Bertz CT molecular complexity index is 1440. The van der Waals surface area contributed by atoms with E-state index in [1.165, 1.54) is 12.1 Å². The van der Waals surface area contributed by atoms with Crippen molar-refractivity contribution < 1.29 is 27.3 Å². The third-order valence-electron chi connectivity index (χ3n) is 6.48. The number of halogens is 2. The van der Waals surface area contributed by atoms with Crippen LogP contribution in [0.5, 0.6) is 0 Å². The number of rotatable bonds is 3. The van der Waals surface area contributed by atoms with Crippen molar-refractivity contribution in [1.29, 1.82) is 0 Å². The smallest absolute Gasteiger partial charge is 0.413 e. The largest absolute Gasteiger partial charge is 0.444 e. The molecule has 0 radical (unpaired) electrons. The van der Waals surface area contributed by atoms with E-state index in [9.17, 15) is 18.2 Å². The van der Waals surface area contributed by atoms with Crippen LogP contribution in [0.25, 0.3) is 0 Å². The van der Waals surface area contributed by atoms with E-state index in [1.54, 1.807) is 41.5 Å². The minimum Gasteiger partial charge on any atom is -0.444 e. The average molecular weight is 549 g/mol. The second-order valence-electron chi connectivity index (χ2n) is 10.8. The topological polar surface area (TPSA) is 135 Å². The molecule has 0 bridgehead atoms. The molecule has 4 rings (SSSR count). The van der Waals surface area contributed by atoms with Gasteiger partial charge in [0, 0.05) is 6.54 Å². The quantitative estimate of drug-likeness (QED) is 0.591. The number of amidine groups is 1. The molecule has 2 aromatic heterocycles. The van der Waals surface area contributed by atoms with Crippen molar-refractivity contribution in [3.63, 3.8) is 0 Å². The van der Waals surface area contributed by atoms with Crippen molar-refractivity contribution in [2.75, 3.05) is 11.9 Å². The highest BCUT2D eigenvalue weighted by Gasteiger charge is 2.58. The van der Waals surface area contributed by atoms with Crippen LogP contribution in [0.15, 0.2) is 39.8 Å². The molecule has 2 amide bonds. The van der Waals surface area contributed by atoms with E-state index in [-0.39, 0.29) is 29.6 Å². The lowest BCUT2D eigenvalue weighted by Gasteiger charge is -2.44. The van der Waals surface area contributed by atoms with Crippen LogP contribution >= 0.6 is 0 Å². The predicted octanol–water partition coefficient (Wildman–Crippen LogP) is 4.18. The zero-order valence-electron chi connectivity index (χ0n) is 22.0. The van der Waals surface area contributed by atoms with Gasteiger partial charge in [0.15, 0.2) is 0 Å². The third-order valence-corrected chi connectivity index (χ3v) is 10.2. The van der Waals surface area contributed by atoms with Crippen LogP contribution in [0.3, 0.4) is 0 Å². The summed E-state index contributed by atoms with van der Waals surface area (Å²) in [5, 5.41) is 4.41. The number of fused-ring (bicyclic) bond motifs is 1. The van der Waals surface area contributed by atoms with Gasteiger partial charge < -0.3 is 10.1 Å². The number of aromatic nitrogens is 2. The SMILES string of the molecule is CC(C)(C)OC(=O)NC1=N[C@](C)(c2nc(NC(=O)c3ccc(F)cn3)ccc2F)[C@H]2CCN=[S@@]2(=O)C1(C)C. The first-order valence-electron chi connectivity index (χ1n) is 12.0. The molecule has 38 heavy (non-hydrogen) atoms. The number of nitrogens with zero attached hydrogens (tertiary/aromatic N) is 4. The molecule has 2 aliphatic heterocycles. The van der Waals surface area contributed by atoms with Crippen molar-refractivity contribution in [3.8, 4) is 0 Å². The number of aliphatic imine (C=N–C) groups is 1. The molecule has 0 saturated carbocycles. The van der Waals surface area contributed by atoms with Crippen molar-refractivity contribution in [3.05, 3.63) is 53.5 Å². The Hall–Kier alpha value is -3.48. The zero-order chi connectivity index (χ0) is 28.1. The van der Waals surface area contributed by atoms with Crippen molar-refractivity contribution in [2.24, 2.45) is 9.36 Å². The second-order valence-corrected chi connectivity index (χ2v) is 13.8. The van der Waals surface area contributed by atoms with Crippen molar-refractivity contribution in [1.82, 2.24) is 15.3 Å². The molecule has 3 atom stereocenters. The summed E-state index contributed by atoms with van der Waals surface area (Å²) in [5.74, 6) is -2.00. The highest BCUT2D eigenvalue weighted by Crippen LogP contribution is 2.47.